The number of nitrogens with zero attached hydrogens (tertiary/aromatic N) is 1. The van der Waals surface area contributed by atoms with Gasteiger partial charge in [-0.2, -0.15) is 0 Å². The molecule has 1 aromatic carbocycles. The molecule has 1 heterocycles. The largest absolute Gasteiger partial charge is 0.388 e. The zero-order chi connectivity index (χ0) is 13.3. The molecule has 1 unspecified atom stereocenters. The first-order chi connectivity index (χ1) is 9.27. The minimum absolute atomic E-state index is 0.0809. The minimum atomic E-state index is -0.355. The molecule has 0 amide bonds. The fraction of sp³-hybridized carbons (Fsp3) is 0.471. The van der Waals surface area contributed by atoms with E-state index in [0.29, 0.717) is 0 Å². The number of hydrogen-bond acceptors (Lipinski definition) is 2. The molecule has 100 valence electrons. The lowest BCUT2D eigenvalue weighted by atomic mass is 9.74. The molecule has 2 aromatic rings. The van der Waals surface area contributed by atoms with Crippen LogP contribution in [-0.4, -0.2) is 10.1 Å². The van der Waals surface area contributed by atoms with E-state index in [0.717, 1.165) is 35.6 Å². The Kier molecular flexibility index (Phi) is 3.28. The van der Waals surface area contributed by atoms with Gasteiger partial charge in [0.15, 0.2) is 0 Å². The van der Waals surface area contributed by atoms with Crippen LogP contribution in [0.4, 0.5) is 0 Å². The van der Waals surface area contributed by atoms with Crippen LogP contribution in [0.1, 0.15) is 50.7 Å². The molecular formula is C17H21NO. The van der Waals surface area contributed by atoms with Crippen LogP contribution >= 0.6 is 0 Å². The second-order valence-corrected chi connectivity index (χ2v) is 5.77. The summed E-state index contributed by atoms with van der Waals surface area (Å²) in [6.07, 6.45) is 9.17. The van der Waals surface area contributed by atoms with Crippen molar-refractivity contribution in [3.8, 4) is 0 Å². The maximum absolute atomic E-state index is 10.9. The molecule has 2 nitrogen and oxygen atoms in total. The predicted molar refractivity (Wildman–Crippen MR) is 77.9 cm³/mol. The van der Waals surface area contributed by atoms with E-state index in [4.69, 9.17) is 0 Å². The molecular weight excluding hydrogens is 234 g/mol. The number of aliphatic hydroxyl groups is 1. The van der Waals surface area contributed by atoms with Crippen LogP contribution in [0.3, 0.4) is 0 Å². The fourth-order valence-corrected chi connectivity index (χ4v) is 3.62. The summed E-state index contributed by atoms with van der Waals surface area (Å²) in [5.41, 5.74) is 1.15. The number of benzene rings is 1. The van der Waals surface area contributed by atoms with E-state index in [1.165, 1.54) is 12.8 Å². The number of hydrogen-bond donors (Lipinski definition) is 1. The maximum atomic E-state index is 10.9. The molecule has 1 N–H and O–H groups in total. The van der Waals surface area contributed by atoms with E-state index in [9.17, 15) is 5.11 Å². The molecule has 0 spiro atoms. The predicted octanol–water partition coefficient (Wildman–Crippen LogP) is 4.24. The summed E-state index contributed by atoms with van der Waals surface area (Å²) in [5, 5.41) is 13.2. The lowest BCUT2D eigenvalue weighted by Gasteiger charge is -2.34. The third-order valence-electron chi connectivity index (χ3n) is 4.89. The Morgan fingerprint density at radius 2 is 2.05 bits per heavy atom. The molecule has 0 bridgehead atoms. The van der Waals surface area contributed by atoms with Crippen LogP contribution in [0, 0.1) is 5.41 Å². The molecule has 1 saturated carbocycles. The van der Waals surface area contributed by atoms with Gasteiger partial charge < -0.3 is 5.11 Å². The second kappa shape index (κ2) is 4.93. The SMILES string of the molecule is CCC1(C(O)c2cccc3cnccc23)CCCC1. The first-order valence-corrected chi connectivity index (χ1v) is 7.27. The van der Waals surface area contributed by atoms with Gasteiger partial charge in [0.2, 0.25) is 0 Å². The lowest BCUT2D eigenvalue weighted by molar-refractivity contribution is 0.0249. The molecule has 1 fully saturated rings. The van der Waals surface area contributed by atoms with E-state index in [1.54, 1.807) is 0 Å². The third kappa shape index (κ3) is 2.04. The molecule has 1 aliphatic carbocycles. The van der Waals surface area contributed by atoms with Gasteiger partial charge in [0.1, 0.15) is 0 Å². The number of fused-ring (bicyclic) bond motifs is 1. The Morgan fingerprint density at radius 1 is 1.26 bits per heavy atom. The number of aromatic nitrogens is 1. The number of pyridine rings is 1. The summed E-state index contributed by atoms with van der Waals surface area (Å²) in [6, 6.07) is 8.18. The van der Waals surface area contributed by atoms with Gasteiger partial charge in [-0.3, -0.25) is 4.98 Å². The summed E-state index contributed by atoms with van der Waals surface area (Å²) in [5.74, 6) is 0. The van der Waals surface area contributed by atoms with Crippen molar-refractivity contribution in [3.63, 3.8) is 0 Å². The van der Waals surface area contributed by atoms with Crippen LogP contribution in [0.5, 0.6) is 0 Å². The van der Waals surface area contributed by atoms with Crippen molar-refractivity contribution < 1.29 is 5.11 Å². The Balaban J connectivity index is 2.08. The van der Waals surface area contributed by atoms with E-state index in [1.807, 2.05) is 24.5 Å². The van der Waals surface area contributed by atoms with Crippen molar-refractivity contribution in [2.45, 2.75) is 45.1 Å². The molecule has 0 saturated heterocycles. The molecule has 2 heteroatoms. The van der Waals surface area contributed by atoms with Gasteiger partial charge in [0.25, 0.3) is 0 Å². The summed E-state index contributed by atoms with van der Waals surface area (Å²) >= 11 is 0. The monoisotopic (exact) mass is 255 g/mol. The van der Waals surface area contributed by atoms with Crippen LogP contribution in [0.15, 0.2) is 36.7 Å². The van der Waals surface area contributed by atoms with Gasteiger partial charge in [0, 0.05) is 23.2 Å². The average Bonchev–Trinajstić information content (AvgIpc) is 2.96. The van der Waals surface area contributed by atoms with Gasteiger partial charge in [-0.25, -0.2) is 0 Å². The van der Waals surface area contributed by atoms with Crippen molar-refractivity contribution in [2.24, 2.45) is 5.41 Å². The summed E-state index contributed by atoms with van der Waals surface area (Å²) in [7, 11) is 0. The van der Waals surface area contributed by atoms with Gasteiger partial charge in [-0.15, -0.1) is 0 Å². The second-order valence-electron chi connectivity index (χ2n) is 5.77. The standard InChI is InChI=1S/C17H21NO/c1-2-17(9-3-4-10-17)16(19)15-7-5-6-13-12-18-11-8-14(13)15/h5-8,11-12,16,19H,2-4,9-10H2,1H3. The zero-order valence-corrected chi connectivity index (χ0v) is 11.5. The van der Waals surface area contributed by atoms with Gasteiger partial charge in [-0.1, -0.05) is 38.0 Å². The summed E-state index contributed by atoms with van der Waals surface area (Å²) < 4.78 is 0. The molecule has 1 aliphatic rings. The number of rotatable bonds is 3. The Labute approximate surface area is 114 Å². The normalized spacial score (nSPS) is 19.7. The first kappa shape index (κ1) is 12.6. The highest BCUT2D eigenvalue weighted by atomic mass is 16.3. The Morgan fingerprint density at radius 3 is 2.79 bits per heavy atom. The highest BCUT2D eigenvalue weighted by molar-refractivity contribution is 5.85. The summed E-state index contributed by atoms with van der Waals surface area (Å²) in [4.78, 5) is 4.17. The van der Waals surface area contributed by atoms with Crippen molar-refractivity contribution in [1.29, 1.82) is 0 Å². The van der Waals surface area contributed by atoms with E-state index in [2.05, 4.69) is 24.0 Å². The molecule has 3 rings (SSSR count). The smallest absolute Gasteiger partial charge is 0.0852 e. The number of aliphatic hydroxyl groups excluding tert-OH is 1. The summed E-state index contributed by atoms with van der Waals surface area (Å²) in [6.45, 7) is 2.21. The van der Waals surface area contributed by atoms with Crippen molar-refractivity contribution in [3.05, 3.63) is 42.2 Å². The Bertz CT molecular complexity index is 567. The van der Waals surface area contributed by atoms with E-state index >= 15 is 0 Å². The highest BCUT2D eigenvalue weighted by Crippen LogP contribution is 2.50. The first-order valence-electron chi connectivity index (χ1n) is 7.27. The van der Waals surface area contributed by atoms with Gasteiger partial charge in [0.05, 0.1) is 6.10 Å². The molecule has 0 aliphatic heterocycles. The van der Waals surface area contributed by atoms with Crippen molar-refractivity contribution in [1.82, 2.24) is 4.98 Å². The van der Waals surface area contributed by atoms with E-state index < -0.39 is 0 Å². The van der Waals surface area contributed by atoms with Crippen molar-refractivity contribution >= 4 is 10.8 Å². The lowest BCUT2D eigenvalue weighted by Crippen LogP contribution is -2.25. The van der Waals surface area contributed by atoms with Gasteiger partial charge in [-0.05, 0) is 36.3 Å². The zero-order valence-electron chi connectivity index (χ0n) is 11.5. The van der Waals surface area contributed by atoms with Crippen LogP contribution in [-0.2, 0) is 0 Å². The fourth-order valence-electron chi connectivity index (χ4n) is 3.62. The van der Waals surface area contributed by atoms with Crippen LogP contribution in [0.25, 0.3) is 10.8 Å². The molecule has 1 atom stereocenters. The third-order valence-corrected chi connectivity index (χ3v) is 4.89. The highest BCUT2D eigenvalue weighted by Gasteiger charge is 2.40. The van der Waals surface area contributed by atoms with Crippen molar-refractivity contribution in [2.75, 3.05) is 0 Å². The van der Waals surface area contributed by atoms with Gasteiger partial charge >= 0.3 is 0 Å². The molecule has 0 radical (unpaired) electrons. The average molecular weight is 255 g/mol. The Hall–Kier alpha value is -1.41. The molecule has 19 heavy (non-hydrogen) atoms. The van der Waals surface area contributed by atoms with Crippen LogP contribution < -0.4 is 0 Å². The van der Waals surface area contributed by atoms with E-state index in [-0.39, 0.29) is 11.5 Å². The minimum Gasteiger partial charge on any atom is -0.388 e. The van der Waals surface area contributed by atoms with Crippen LogP contribution in [0.2, 0.25) is 0 Å². The topological polar surface area (TPSA) is 33.1 Å². The molecule has 1 aromatic heterocycles. The quantitative estimate of drug-likeness (QED) is 0.890. The maximum Gasteiger partial charge on any atom is 0.0852 e.